The molecule has 0 aromatic heterocycles. The van der Waals surface area contributed by atoms with Crippen molar-refractivity contribution in [2.45, 2.75) is 31.2 Å². The molecule has 0 atom stereocenters. The van der Waals surface area contributed by atoms with E-state index < -0.39 is 5.54 Å². The number of rotatable bonds is 5. The summed E-state index contributed by atoms with van der Waals surface area (Å²) in [4.78, 5) is 12.1. The fraction of sp³-hybridized carbons (Fsp3) is 0.438. The lowest BCUT2D eigenvalue weighted by molar-refractivity contribution is -0.118. The van der Waals surface area contributed by atoms with Gasteiger partial charge >= 0.3 is 0 Å². The van der Waals surface area contributed by atoms with Crippen LogP contribution >= 0.6 is 15.9 Å². The van der Waals surface area contributed by atoms with Crippen molar-refractivity contribution in [3.05, 3.63) is 34.3 Å². The van der Waals surface area contributed by atoms with Crippen molar-refractivity contribution < 1.29 is 14.6 Å². The van der Waals surface area contributed by atoms with Crippen LogP contribution in [0.4, 0.5) is 0 Å². The van der Waals surface area contributed by atoms with Gasteiger partial charge in [-0.25, -0.2) is 0 Å². The number of hydrogen-bond donors (Lipinski definition) is 2. The summed E-state index contributed by atoms with van der Waals surface area (Å²) in [5, 5.41) is 12.4. The first-order valence-electron chi connectivity index (χ1n) is 7.03. The normalized spacial score (nSPS) is 17.1. The van der Waals surface area contributed by atoms with Gasteiger partial charge < -0.3 is 15.2 Å². The van der Waals surface area contributed by atoms with E-state index in [-0.39, 0.29) is 12.5 Å². The number of carbonyl (C=O) groups excluding carboxylic acids is 1. The molecule has 1 aromatic rings. The molecule has 2 N–H and O–H groups in total. The topological polar surface area (TPSA) is 58.6 Å². The van der Waals surface area contributed by atoms with Crippen molar-refractivity contribution in [3.63, 3.8) is 0 Å². The zero-order valence-electron chi connectivity index (χ0n) is 12.1. The summed E-state index contributed by atoms with van der Waals surface area (Å²) in [7, 11) is 1.60. The van der Waals surface area contributed by atoms with Crippen LogP contribution in [-0.2, 0) is 4.79 Å². The largest absolute Gasteiger partial charge is 0.496 e. The second kappa shape index (κ2) is 7.09. The van der Waals surface area contributed by atoms with Crippen LogP contribution < -0.4 is 10.1 Å². The summed E-state index contributed by atoms with van der Waals surface area (Å²) in [6.07, 6.45) is 6.97. The number of aliphatic hydroxyl groups excluding tert-OH is 1. The van der Waals surface area contributed by atoms with Crippen LogP contribution in [0.2, 0.25) is 0 Å². The van der Waals surface area contributed by atoms with E-state index in [1.807, 2.05) is 18.2 Å². The third-order valence-electron chi connectivity index (χ3n) is 3.86. The van der Waals surface area contributed by atoms with E-state index in [1.54, 1.807) is 13.2 Å². The molecule has 1 saturated carbocycles. The number of methoxy groups -OCH3 is 1. The summed E-state index contributed by atoms with van der Waals surface area (Å²) in [5.41, 5.74) is 0.384. The standard InChI is InChI=1S/C16H20BrNO3/c1-21-14-6-5-13(17)10-12(14)4-7-15(20)18-16(11-19)8-2-3-9-16/h4-7,10,19H,2-3,8-9,11H2,1H3,(H,18,20). The van der Waals surface area contributed by atoms with E-state index in [9.17, 15) is 9.90 Å². The number of hydrogen-bond acceptors (Lipinski definition) is 3. The lowest BCUT2D eigenvalue weighted by Crippen LogP contribution is -2.48. The summed E-state index contributed by atoms with van der Waals surface area (Å²) < 4.78 is 6.19. The molecule has 0 saturated heterocycles. The van der Waals surface area contributed by atoms with Gasteiger partial charge in [0, 0.05) is 16.1 Å². The average Bonchev–Trinajstić information content (AvgIpc) is 2.94. The fourth-order valence-electron chi connectivity index (χ4n) is 2.68. The van der Waals surface area contributed by atoms with Gasteiger partial charge in [-0.05, 0) is 37.1 Å². The number of aliphatic hydroxyl groups is 1. The molecule has 0 aliphatic heterocycles. The smallest absolute Gasteiger partial charge is 0.244 e. The minimum Gasteiger partial charge on any atom is -0.496 e. The number of ether oxygens (including phenoxy) is 1. The predicted molar refractivity (Wildman–Crippen MR) is 86.2 cm³/mol. The first-order valence-corrected chi connectivity index (χ1v) is 7.82. The third kappa shape index (κ3) is 4.08. The maximum atomic E-state index is 12.1. The Morgan fingerprint density at radius 1 is 1.48 bits per heavy atom. The highest BCUT2D eigenvalue weighted by Crippen LogP contribution is 2.29. The number of nitrogens with one attached hydrogen (secondary N) is 1. The van der Waals surface area contributed by atoms with Crippen molar-refractivity contribution in [2.24, 2.45) is 0 Å². The second-order valence-corrected chi connectivity index (χ2v) is 6.27. The van der Waals surface area contributed by atoms with Crippen molar-refractivity contribution in [1.82, 2.24) is 5.32 Å². The Kier molecular flexibility index (Phi) is 5.42. The third-order valence-corrected chi connectivity index (χ3v) is 4.35. The maximum Gasteiger partial charge on any atom is 0.244 e. The Bertz CT molecular complexity index is 536. The predicted octanol–water partition coefficient (Wildman–Crippen LogP) is 2.89. The molecule has 1 aliphatic rings. The zero-order valence-corrected chi connectivity index (χ0v) is 13.6. The van der Waals surface area contributed by atoms with E-state index >= 15 is 0 Å². The molecule has 114 valence electrons. The fourth-order valence-corrected chi connectivity index (χ4v) is 3.06. The van der Waals surface area contributed by atoms with Gasteiger partial charge in [0.15, 0.2) is 0 Å². The molecular weight excluding hydrogens is 334 g/mol. The molecule has 1 aromatic carbocycles. The Morgan fingerprint density at radius 3 is 2.81 bits per heavy atom. The molecule has 0 spiro atoms. The van der Waals surface area contributed by atoms with Crippen LogP contribution in [0, 0.1) is 0 Å². The molecule has 0 heterocycles. The highest BCUT2D eigenvalue weighted by Gasteiger charge is 2.33. The van der Waals surface area contributed by atoms with Gasteiger partial charge in [-0.1, -0.05) is 28.8 Å². The van der Waals surface area contributed by atoms with Gasteiger partial charge in [0.2, 0.25) is 5.91 Å². The van der Waals surface area contributed by atoms with Gasteiger partial charge in [0.05, 0.1) is 19.3 Å². The van der Waals surface area contributed by atoms with Crippen LogP contribution in [0.25, 0.3) is 6.08 Å². The Hall–Kier alpha value is -1.33. The summed E-state index contributed by atoms with van der Waals surface area (Å²) >= 11 is 3.40. The number of carbonyl (C=O) groups is 1. The SMILES string of the molecule is COc1ccc(Br)cc1C=CC(=O)NC1(CO)CCCC1. The van der Waals surface area contributed by atoms with Gasteiger partial charge in [-0.2, -0.15) is 0 Å². The van der Waals surface area contributed by atoms with Crippen LogP contribution in [0.1, 0.15) is 31.2 Å². The van der Waals surface area contributed by atoms with E-state index in [2.05, 4.69) is 21.2 Å². The van der Waals surface area contributed by atoms with Crippen LogP contribution in [0.5, 0.6) is 5.75 Å². The molecular formula is C16H20BrNO3. The quantitative estimate of drug-likeness (QED) is 0.800. The number of amides is 1. The molecule has 21 heavy (non-hydrogen) atoms. The first-order chi connectivity index (χ1) is 10.1. The molecule has 1 fully saturated rings. The van der Waals surface area contributed by atoms with Gasteiger partial charge in [-0.15, -0.1) is 0 Å². The van der Waals surface area contributed by atoms with E-state index in [0.29, 0.717) is 5.75 Å². The monoisotopic (exact) mass is 353 g/mol. The van der Waals surface area contributed by atoms with Gasteiger partial charge in [0.1, 0.15) is 5.75 Å². The molecule has 1 aliphatic carbocycles. The van der Waals surface area contributed by atoms with Crippen LogP contribution in [-0.4, -0.2) is 30.3 Å². The molecule has 0 radical (unpaired) electrons. The molecule has 0 bridgehead atoms. The molecule has 5 heteroatoms. The highest BCUT2D eigenvalue weighted by molar-refractivity contribution is 9.10. The van der Waals surface area contributed by atoms with Gasteiger partial charge in [-0.3, -0.25) is 4.79 Å². The minimum absolute atomic E-state index is 0.00716. The Morgan fingerprint density at radius 2 is 2.19 bits per heavy atom. The highest BCUT2D eigenvalue weighted by atomic mass is 79.9. The summed E-state index contributed by atoms with van der Waals surface area (Å²) in [6, 6.07) is 5.61. The summed E-state index contributed by atoms with van der Waals surface area (Å²) in [6.45, 7) is -0.00716. The van der Waals surface area contributed by atoms with Crippen molar-refractivity contribution in [3.8, 4) is 5.75 Å². The lowest BCUT2D eigenvalue weighted by Gasteiger charge is -2.27. The van der Waals surface area contributed by atoms with Crippen LogP contribution in [0.3, 0.4) is 0 Å². The van der Waals surface area contributed by atoms with Gasteiger partial charge in [0.25, 0.3) is 0 Å². The Labute approximate surface area is 133 Å². The van der Waals surface area contributed by atoms with Crippen molar-refractivity contribution in [2.75, 3.05) is 13.7 Å². The molecule has 0 unspecified atom stereocenters. The summed E-state index contributed by atoms with van der Waals surface area (Å²) in [5.74, 6) is 0.521. The second-order valence-electron chi connectivity index (χ2n) is 5.35. The maximum absolute atomic E-state index is 12.1. The van der Waals surface area contributed by atoms with E-state index in [1.165, 1.54) is 6.08 Å². The molecule has 2 rings (SSSR count). The number of halogens is 1. The van der Waals surface area contributed by atoms with Crippen molar-refractivity contribution in [1.29, 1.82) is 0 Å². The lowest BCUT2D eigenvalue weighted by atomic mass is 9.99. The van der Waals surface area contributed by atoms with E-state index in [0.717, 1.165) is 35.7 Å². The number of benzene rings is 1. The van der Waals surface area contributed by atoms with E-state index in [4.69, 9.17) is 4.74 Å². The molecule has 4 nitrogen and oxygen atoms in total. The first kappa shape index (κ1) is 16.0. The Balaban J connectivity index is 2.07. The van der Waals surface area contributed by atoms with Crippen molar-refractivity contribution >= 4 is 27.9 Å². The minimum atomic E-state index is -0.442. The van der Waals surface area contributed by atoms with Crippen LogP contribution in [0.15, 0.2) is 28.7 Å². The molecule has 1 amide bonds. The average molecular weight is 354 g/mol. The zero-order chi connectivity index (χ0) is 15.3.